The topological polar surface area (TPSA) is 75.9 Å². The van der Waals surface area contributed by atoms with Crippen molar-refractivity contribution in [3.63, 3.8) is 0 Å². The third-order valence-corrected chi connectivity index (χ3v) is 4.76. The van der Waals surface area contributed by atoms with Gasteiger partial charge < -0.3 is 14.5 Å². The molecule has 8 heteroatoms. The molecule has 2 saturated heterocycles. The summed E-state index contributed by atoms with van der Waals surface area (Å²) in [6.07, 6.45) is 5.45. The van der Waals surface area contributed by atoms with E-state index < -0.39 is 0 Å². The maximum absolute atomic E-state index is 12.6. The first-order chi connectivity index (χ1) is 11.7. The Hall–Kier alpha value is -2.22. The smallest absolute Gasteiger partial charge is 0.228 e. The molecule has 1 amide bonds. The number of aryl methyl sites for hydroxylation is 1. The Labute approximate surface area is 140 Å². The molecular formula is C16H22N6O2. The second-order valence-corrected chi connectivity index (χ2v) is 6.42. The number of amides is 1. The molecule has 8 nitrogen and oxygen atoms in total. The molecule has 0 aliphatic carbocycles. The number of carbonyl (C=O) groups excluding carboxylic acids is 1. The molecule has 2 aliphatic rings. The van der Waals surface area contributed by atoms with Gasteiger partial charge in [-0.2, -0.15) is 4.52 Å². The van der Waals surface area contributed by atoms with Gasteiger partial charge in [0.05, 0.1) is 24.9 Å². The molecule has 24 heavy (non-hydrogen) atoms. The van der Waals surface area contributed by atoms with E-state index >= 15 is 0 Å². The summed E-state index contributed by atoms with van der Waals surface area (Å²) in [5.41, 5.74) is 0.753. The minimum Gasteiger partial charge on any atom is -0.381 e. The van der Waals surface area contributed by atoms with E-state index in [1.165, 1.54) is 0 Å². The first kappa shape index (κ1) is 15.3. The van der Waals surface area contributed by atoms with Crippen LogP contribution in [0.4, 0.5) is 5.82 Å². The van der Waals surface area contributed by atoms with E-state index in [0.717, 1.165) is 62.9 Å². The Kier molecular flexibility index (Phi) is 4.05. The predicted octanol–water partition coefficient (Wildman–Crippen LogP) is 0.508. The summed E-state index contributed by atoms with van der Waals surface area (Å²) in [6.45, 7) is 6.23. The van der Waals surface area contributed by atoms with Crippen molar-refractivity contribution in [2.45, 2.75) is 19.8 Å². The first-order valence-electron chi connectivity index (χ1n) is 8.51. The summed E-state index contributed by atoms with van der Waals surface area (Å²) in [5.74, 6) is 1.94. The number of hydrogen-bond donors (Lipinski definition) is 0. The summed E-state index contributed by atoms with van der Waals surface area (Å²) >= 11 is 0. The Morgan fingerprint density at radius 1 is 1.25 bits per heavy atom. The van der Waals surface area contributed by atoms with Crippen molar-refractivity contribution < 1.29 is 9.53 Å². The molecule has 128 valence electrons. The lowest BCUT2D eigenvalue weighted by atomic mass is 10.0. The maximum atomic E-state index is 12.6. The summed E-state index contributed by atoms with van der Waals surface area (Å²) in [4.78, 5) is 25.4. The lowest BCUT2D eigenvalue weighted by molar-refractivity contribution is -0.140. The fourth-order valence-electron chi connectivity index (χ4n) is 3.47. The lowest BCUT2D eigenvalue weighted by Crippen LogP contribution is -2.51. The van der Waals surface area contributed by atoms with Crippen molar-refractivity contribution in [1.29, 1.82) is 0 Å². The van der Waals surface area contributed by atoms with Crippen molar-refractivity contribution >= 4 is 17.4 Å². The summed E-state index contributed by atoms with van der Waals surface area (Å²) in [5, 5.41) is 4.44. The fourth-order valence-corrected chi connectivity index (χ4v) is 3.47. The van der Waals surface area contributed by atoms with E-state index in [-0.39, 0.29) is 11.8 Å². The average molecular weight is 330 g/mol. The van der Waals surface area contributed by atoms with Crippen LogP contribution in [-0.2, 0) is 9.53 Å². The van der Waals surface area contributed by atoms with E-state index in [1.54, 1.807) is 6.20 Å². The Morgan fingerprint density at radius 3 is 2.83 bits per heavy atom. The highest BCUT2D eigenvalue weighted by atomic mass is 16.5. The average Bonchev–Trinajstić information content (AvgIpc) is 3.02. The zero-order valence-corrected chi connectivity index (χ0v) is 13.9. The van der Waals surface area contributed by atoms with Gasteiger partial charge in [-0.15, -0.1) is 5.10 Å². The molecule has 0 radical (unpaired) electrons. The number of fused-ring (bicyclic) bond motifs is 1. The minimum atomic E-state index is 0.0355. The van der Waals surface area contributed by atoms with Gasteiger partial charge in [0, 0.05) is 32.8 Å². The summed E-state index contributed by atoms with van der Waals surface area (Å²) < 4.78 is 7.28. The molecule has 0 unspecified atom stereocenters. The molecule has 2 aromatic heterocycles. The van der Waals surface area contributed by atoms with Gasteiger partial charge in [0.1, 0.15) is 5.82 Å². The van der Waals surface area contributed by atoms with Crippen molar-refractivity contribution in [2.24, 2.45) is 5.92 Å². The predicted molar refractivity (Wildman–Crippen MR) is 87.9 cm³/mol. The number of carbonyl (C=O) groups is 1. The molecule has 0 bridgehead atoms. The third-order valence-electron chi connectivity index (χ3n) is 4.76. The number of rotatable bonds is 2. The number of piperazine rings is 1. The molecular weight excluding hydrogens is 308 g/mol. The van der Waals surface area contributed by atoms with Crippen molar-refractivity contribution in [2.75, 3.05) is 44.3 Å². The molecule has 4 rings (SSSR count). The normalized spacial score (nSPS) is 22.1. The van der Waals surface area contributed by atoms with Gasteiger partial charge in [0.25, 0.3) is 0 Å². The minimum absolute atomic E-state index is 0.0355. The van der Waals surface area contributed by atoms with Crippen molar-refractivity contribution in [3.05, 3.63) is 18.2 Å². The quantitative estimate of drug-likeness (QED) is 0.798. The van der Waals surface area contributed by atoms with Crippen LogP contribution >= 0.6 is 0 Å². The Bertz CT molecular complexity index is 731. The van der Waals surface area contributed by atoms with Crippen molar-refractivity contribution in [1.82, 2.24) is 24.5 Å². The number of anilines is 1. The SMILES string of the molecule is Cc1nc2cncc(N3CCN(C(=O)[C@@H]4CCCOC4)CC3)n2n1. The summed E-state index contributed by atoms with van der Waals surface area (Å²) in [7, 11) is 0. The van der Waals surface area contributed by atoms with Crippen LogP contribution in [0.5, 0.6) is 0 Å². The van der Waals surface area contributed by atoms with Gasteiger partial charge in [-0.3, -0.25) is 9.78 Å². The molecule has 2 aromatic rings. The second kappa shape index (κ2) is 6.35. The second-order valence-electron chi connectivity index (χ2n) is 6.42. The maximum Gasteiger partial charge on any atom is 0.228 e. The van der Waals surface area contributed by atoms with E-state index in [0.29, 0.717) is 6.61 Å². The first-order valence-corrected chi connectivity index (χ1v) is 8.51. The molecule has 0 N–H and O–H groups in total. The molecule has 1 atom stereocenters. The largest absolute Gasteiger partial charge is 0.381 e. The number of hydrogen-bond acceptors (Lipinski definition) is 6. The van der Waals surface area contributed by atoms with E-state index in [9.17, 15) is 4.79 Å². The standard InChI is InChI=1S/C16H22N6O2/c1-12-18-14-9-17-10-15(22(14)19-12)20-4-6-21(7-5-20)16(23)13-3-2-8-24-11-13/h9-10,13H,2-8,11H2,1H3/t13-/m1/s1. The van der Waals surface area contributed by atoms with Crippen LogP contribution in [0.25, 0.3) is 5.65 Å². The number of ether oxygens (including phenoxy) is 1. The van der Waals surface area contributed by atoms with Crippen molar-refractivity contribution in [3.8, 4) is 0 Å². The van der Waals surface area contributed by atoms with Gasteiger partial charge in [-0.25, -0.2) is 4.98 Å². The summed E-state index contributed by atoms with van der Waals surface area (Å²) in [6, 6.07) is 0. The van der Waals surface area contributed by atoms with Gasteiger partial charge in [-0.05, 0) is 19.8 Å². The van der Waals surface area contributed by atoms with E-state index in [4.69, 9.17) is 4.74 Å². The zero-order valence-electron chi connectivity index (χ0n) is 13.9. The molecule has 4 heterocycles. The number of nitrogens with zero attached hydrogens (tertiary/aromatic N) is 6. The fraction of sp³-hybridized carbons (Fsp3) is 0.625. The van der Waals surface area contributed by atoms with Crippen LogP contribution < -0.4 is 4.90 Å². The van der Waals surface area contributed by atoms with E-state index in [2.05, 4.69) is 20.0 Å². The van der Waals surface area contributed by atoms with Crippen LogP contribution in [0.1, 0.15) is 18.7 Å². The lowest BCUT2D eigenvalue weighted by Gasteiger charge is -2.37. The van der Waals surface area contributed by atoms with Crippen LogP contribution in [0, 0.1) is 12.8 Å². The number of aromatic nitrogens is 4. The zero-order chi connectivity index (χ0) is 16.5. The van der Waals surface area contributed by atoms with E-state index in [1.807, 2.05) is 22.5 Å². The van der Waals surface area contributed by atoms with Gasteiger partial charge >= 0.3 is 0 Å². The van der Waals surface area contributed by atoms with Crippen LogP contribution in [0.15, 0.2) is 12.4 Å². The molecule has 2 fully saturated rings. The van der Waals surface area contributed by atoms with Gasteiger partial charge in [-0.1, -0.05) is 0 Å². The van der Waals surface area contributed by atoms with Crippen LogP contribution in [-0.4, -0.2) is 69.8 Å². The van der Waals surface area contributed by atoms with Crippen LogP contribution in [0.2, 0.25) is 0 Å². The Morgan fingerprint density at radius 2 is 2.08 bits per heavy atom. The highest BCUT2D eigenvalue weighted by Gasteiger charge is 2.29. The van der Waals surface area contributed by atoms with Gasteiger partial charge in [0.15, 0.2) is 11.5 Å². The third kappa shape index (κ3) is 2.82. The molecule has 0 spiro atoms. The molecule has 0 saturated carbocycles. The van der Waals surface area contributed by atoms with Gasteiger partial charge in [0.2, 0.25) is 5.91 Å². The Balaban J connectivity index is 1.44. The monoisotopic (exact) mass is 330 g/mol. The highest BCUT2D eigenvalue weighted by molar-refractivity contribution is 5.79. The molecule has 0 aromatic carbocycles. The highest BCUT2D eigenvalue weighted by Crippen LogP contribution is 2.20. The van der Waals surface area contributed by atoms with Crippen LogP contribution in [0.3, 0.4) is 0 Å². The molecule has 2 aliphatic heterocycles.